The van der Waals surface area contributed by atoms with Crippen molar-refractivity contribution in [2.45, 2.75) is 31.6 Å². The van der Waals surface area contributed by atoms with E-state index in [2.05, 4.69) is 6.58 Å². The largest absolute Gasteiger partial charge is 0.207 e. The highest BCUT2D eigenvalue weighted by atomic mass is 19.1. The van der Waals surface area contributed by atoms with Gasteiger partial charge in [0.25, 0.3) is 0 Å². The summed E-state index contributed by atoms with van der Waals surface area (Å²) in [7, 11) is 0. The summed E-state index contributed by atoms with van der Waals surface area (Å²) in [6, 6.07) is 12.4. The number of fused-ring (bicyclic) bond motifs is 1. The first kappa shape index (κ1) is 17.8. The molecule has 138 valence electrons. The summed E-state index contributed by atoms with van der Waals surface area (Å²) in [4.78, 5) is 0. The molecule has 0 bridgehead atoms. The fraction of sp³-hybridized carbons (Fsp3) is 0.250. The second-order valence-electron chi connectivity index (χ2n) is 7.41. The molecule has 0 radical (unpaired) electrons. The molecule has 3 aromatic rings. The molecule has 0 saturated heterocycles. The van der Waals surface area contributed by atoms with E-state index in [4.69, 9.17) is 0 Å². The van der Waals surface area contributed by atoms with Crippen LogP contribution in [0.1, 0.15) is 37.2 Å². The Labute approximate surface area is 157 Å². The van der Waals surface area contributed by atoms with Gasteiger partial charge in [0.2, 0.25) is 0 Å². The van der Waals surface area contributed by atoms with Crippen LogP contribution in [0, 0.1) is 23.4 Å². The van der Waals surface area contributed by atoms with Crippen molar-refractivity contribution in [3.63, 3.8) is 0 Å². The molecular weight excluding hydrogens is 345 g/mol. The van der Waals surface area contributed by atoms with Crippen LogP contribution >= 0.6 is 0 Å². The van der Waals surface area contributed by atoms with Crippen molar-refractivity contribution in [1.29, 1.82) is 0 Å². The molecule has 0 aliphatic heterocycles. The summed E-state index contributed by atoms with van der Waals surface area (Å²) in [6.45, 7) is 3.84. The number of benzene rings is 3. The first-order valence-corrected chi connectivity index (χ1v) is 9.36. The van der Waals surface area contributed by atoms with Gasteiger partial charge in [-0.2, -0.15) is 0 Å². The molecule has 0 aromatic heterocycles. The second-order valence-corrected chi connectivity index (χ2v) is 7.41. The summed E-state index contributed by atoms with van der Waals surface area (Å²) in [5.41, 5.74) is 1.18. The number of rotatable bonds is 3. The zero-order valence-corrected chi connectivity index (χ0v) is 15.0. The van der Waals surface area contributed by atoms with Crippen molar-refractivity contribution in [3.8, 4) is 11.1 Å². The van der Waals surface area contributed by atoms with Gasteiger partial charge >= 0.3 is 0 Å². The number of hydrogen-bond acceptors (Lipinski definition) is 0. The van der Waals surface area contributed by atoms with Crippen LogP contribution in [-0.2, 0) is 0 Å². The van der Waals surface area contributed by atoms with Gasteiger partial charge in [-0.1, -0.05) is 24.3 Å². The van der Waals surface area contributed by atoms with Crippen molar-refractivity contribution in [2.24, 2.45) is 5.92 Å². The lowest BCUT2D eigenvalue weighted by Crippen LogP contribution is -2.12. The molecule has 3 aromatic carbocycles. The van der Waals surface area contributed by atoms with Crippen molar-refractivity contribution >= 4 is 10.8 Å². The van der Waals surface area contributed by atoms with Gasteiger partial charge in [-0.15, -0.1) is 6.58 Å². The Hall–Kier alpha value is -2.55. The first-order valence-electron chi connectivity index (χ1n) is 9.36. The van der Waals surface area contributed by atoms with Crippen molar-refractivity contribution in [1.82, 2.24) is 0 Å². The van der Waals surface area contributed by atoms with Gasteiger partial charge in [-0.25, -0.2) is 13.2 Å². The molecule has 1 fully saturated rings. The molecule has 0 N–H and O–H groups in total. The smallest absolute Gasteiger partial charge is 0.134 e. The third kappa shape index (κ3) is 3.51. The molecule has 0 atom stereocenters. The van der Waals surface area contributed by atoms with Crippen LogP contribution in [0.5, 0.6) is 0 Å². The van der Waals surface area contributed by atoms with Crippen LogP contribution in [0.3, 0.4) is 0 Å². The van der Waals surface area contributed by atoms with E-state index in [1.807, 2.05) is 6.08 Å². The number of halogens is 3. The molecule has 0 nitrogen and oxygen atoms in total. The quantitative estimate of drug-likeness (QED) is 0.424. The Bertz CT molecular complexity index is 975. The molecule has 0 unspecified atom stereocenters. The van der Waals surface area contributed by atoms with E-state index in [1.165, 1.54) is 24.3 Å². The van der Waals surface area contributed by atoms with Crippen LogP contribution in [-0.4, -0.2) is 0 Å². The second kappa shape index (κ2) is 7.22. The van der Waals surface area contributed by atoms with E-state index in [9.17, 15) is 13.2 Å². The maximum Gasteiger partial charge on any atom is 0.134 e. The third-order valence-electron chi connectivity index (χ3n) is 5.73. The van der Waals surface area contributed by atoms with E-state index in [0.29, 0.717) is 16.9 Å². The van der Waals surface area contributed by atoms with Gasteiger partial charge in [-0.05, 0) is 89.8 Å². The standard InChI is InChI=1S/C24H21F3/c1-2-15-3-5-16(6-4-15)20-13-22(26)24(23(27)14-20)19-8-7-18-12-21(25)10-9-17(18)11-19/h2,7-16H,1,3-6H2/t15-,16-. The topological polar surface area (TPSA) is 0 Å². The molecule has 1 aliphatic rings. The molecule has 27 heavy (non-hydrogen) atoms. The van der Waals surface area contributed by atoms with E-state index in [0.717, 1.165) is 36.6 Å². The maximum absolute atomic E-state index is 14.8. The summed E-state index contributed by atoms with van der Waals surface area (Å²) in [5.74, 6) is -0.714. The zero-order chi connectivity index (χ0) is 19.0. The predicted octanol–water partition coefficient (Wildman–Crippen LogP) is 7.38. The average molecular weight is 366 g/mol. The van der Waals surface area contributed by atoms with Gasteiger partial charge in [0.05, 0.1) is 5.56 Å². The van der Waals surface area contributed by atoms with Crippen LogP contribution in [0.4, 0.5) is 13.2 Å². The van der Waals surface area contributed by atoms with E-state index < -0.39 is 11.6 Å². The molecule has 1 aliphatic carbocycles. The van der Waals surface area contributed by atoms with E-state index in [1.54, 1.807) is 24.3 Å². The normalized spacial score (nSPS) is 20.0. The Balaban J connectivity index is 1.68. The highest BCUT2D eigenvalue weighted by Crippen LogP contribution is 2.38. The molecule has 4 rings (SSSR count). The van der Waals surface area contributed by atoms with Gasteiger partial charge in [0.1, 0.15) is 17.5 Å². The fourth-order valence-corrected chi connectivity index (χ4v) is 4.16. The Morgan fingerprint density at radius 1 is 0.778 bits per heavy atom. The van der Waals surface area contributed by atoms with Gasteiger partial charge in [0, 0.05) is 0 Å². The Morgan fingerprint density at radius 2 is 1.41 bits per heavy atom. The number of allylic oxidation sites excluding steroid dienone is 1. The molecule has 3 heteroatoms. The van der Waals surface area contributed by atoms with Crippen molar-refractivity contribution in [3.05, 3.63) is 84.2 Å². The average Bonchev–Trinajstić information content (AvgIpc) is 2.67. The summed E-state index contributed by atoms with van der Waals surface area (Å²) >= 11 is 0. The third-order valence-corrected chi connectivity index (χ3v) is 5.73. The van der Waals surface area contributed by atoms with Crippen LogP contribution < -0.4 is 0 Å². The molecule has 1 saturated carbocycles. The highest BCUT2D eigenvalue weighted by Gasteiger charge is 2.23. The highest BCUT2D eigenvalue weighted by molar-refractivity contribution is 5.87. The zero-order valence-electron chi connectivity index (χ0n) is 15.0. The fourth-order valence-electron chi connectivity index (χ4n) is 4.16. The summed E-state index contributed by atoms with van der Waals surface area (Å²) in [6.07, 6.45) is 5.86. The molecule has 0 heterocycles. The van der Waals surface area contributed by atoms with Gasteiger partial charge in [-0.3, -0.25) is 0 Å². The van der Waals surface area contributed by atoms with Crippen molar-refractivity contribution < 1.29 is 13.2 Å². The molecule has 0 spiro atoms. The van der Waals surface area contributed by atoms with Gasteiger partial charge < -0.3 is 0 Å². The van der Waals surface area contributed by atoms with Crippen LogP contribution in [0.2, 0.25) is 0 Å². The monoisotopic (exact) mass is 366 g/mol. The first-order chi connectivity index (χ1) is 13.0. The van der Waals surface area contributed by atoms with Crippen molar-refractivity contribution in [2.75, 3.05) is 0 Å². The van der Waals surface area contributed by atoms with E-state index >= 15 is 0 Å². The van der Waals surface area contributed by atoms with E-state index in [-0.39, 0.29) is 17.3 Å². The van der Waals surface area contributed by atoms with Crippen LogP contribution in [0.25, 0.3) is 21.9 Å². The predicted molar refractivity (Wildman–Crippen MR) is 104 cm³/mol. The maximum atomic E-state index is 14.8. The summed E-state index contributed by atoms with van der Waals surface area (Å²) < 4.78 is 43.0. The minimum atomic E-state index is -0.544. The molecular formula is C24H21F3. The molecule has 0 amide bonds. The summed E-state index contributed by atoms with van der Waals surface area (Å²) in [5, 5.41) is 1.45. The van der Waals surface area contributed by atoms with Gasteiger partial charge in [0.15, 0.2) is 0 Å². The lowest BCUT2D eigenvalue weighted by Gasteiger charge is -2.27. The van der Waals surface area contributed by atoms with Crippen LogP contribution in [0.15, 0.2) is 61.2 Å². The number of hydrogen-bond donors (Lipinski definition) is 0. The minimum absolute atomic E-state index is 0.0234. The lowest BCUT2D eigenvalue weighted by atomic mass is 9.78. The Kier molecular flexibility index (Phi) is 4.77. The SMILES string of the molecule is C=C[C@H]1CC[C@H](c2cc(F)c(-c3ccc4cc(F)ccc4c3)c(F)c2)CC1. The lowest BCUT2D eigenvalue weighted by molar-refractivity contribution is 0.374. The minimum Gasteiger partial charge on any atom is -0.207 e. The Morgan fingerprint density at radius 3 is 2.07 bits per heavy atom.